The van der Waals surface area contributed by atoms with Crippen LogP contribution in [0.25, 0.3) is 0 Å². The Morgan fingerprint density at radius 2 is 2.33 bits per heavy atom. The van der Waals surface area contributed by atoms with Crippen molar-refractivity contribution in [1.82, 2.24) is 5.32 Å². The van der Waals surface area contributed by atoms with Crippen molar-refractivity contribution in [1.29, 1.82) is 0 Å². The minimum Gasteiger partial charge on any atom is -0.345 e. The van der Waals surface area contributed by atoms with E-state index in [9.17, 15) is 4.79 Å². The van der Waals surface area contributed by atoms with E-state index in [4.69, 9.17) is 0 Å². The maximum atomic E-state index is 10.5. The molecule has 0 fully saturated rings. The molecule has 0 aromatic heterocycles. The van der Waals surface area contributed by atoms with Gasteiger partial charge in [-0.25, -0.2) is 0 Å². The summed E-state index contributed by atoms with van der Waals surface area (Å²) in [6.07, 6.45) is 1.42. The molecule has 3 nitrogen and oxygen atoms in total. The number of carbonyl (C=O) groups excluding carboxylic acids is 1. The maximum Gasteiger partial charge on any atom is 0.194 e. The van der Waals surface area contributed by atoms with Crippen molar-refractivity contribution in [2.75, 3.05) is 7.05 Å². The lowest BCUT2D eigenvalue weighted by atomic mass is 10.4. The Morgan fingerprint density at radius 1 is 1.78 bits per heavy atom. The zero-order valence-corrected chi connectivity index (χ0v) is 5.64. The van der Waals surface area contributed by atoms with Crippen LogP contribution in [0.2, 0.25) is 0 Å². The molecule has 0 saturated carbocycles. The fraction of sp³-hybridized carbons (Fsp3) is 0.333. The van der Waals surface area contributed by atoms with Gasteiger partial charge in [0.25, 0.3) is 0 Å². The minimum atomic E-state index is -0.0857. The lowest BCUT2D eigenvalue weighted by Gasteiger charge is -1.96. The zero-order chi connectivity index (χ0) is 7.28. The molecular weight excluding hydrogens is 116 g/mol. The van der Waals surface area contributed by atoms with Crippen LogP contribution in [0.3, 0.4) is 0 Å². The van der Waals surface area contributed by atoms with E-state index in [-0.39, 0.29) is 5.78 Å². The van der Waals surface area contributed by atoms with Crippen LogP contribution >= 0.6 is 0 Å². The third-order valence-corrected chi connectivity index (χ3v) is 0.796. The molecule has 0 aromatic carbocycles. The van der Waals surface area contributed by atoms with Crippen molar-refractivity contribution >= 4 is 11.6 Å². The quantitative estimate of drug-likeness (QED) is 0.428. The Kier molecular flexibility index (Phi) is 3.35. The van der Waals surface area contributed by atoms with Gasteiger partial charge in [0.15, 0.2) is 11.6 Å². The number of aliphatic imine (C=N–C) groups is 1. The van der Waals surface area contributed by atoms with Crippen molar-refractivity contribution in [3.8, 4) is 0 Å². The number of hydrogen-bond donors (Lipinski definition) is 1. The van der Waals surface area contributed by atoms with Crippen LogP contribution in [0.15, 0.2) is 17.8 Å². The molecule has 0 atom stereocenters. The van der Waals surface area contributed by atoms with Crippen LogP contribution in [-0.4, -0.2) is 18.7 Å². The molecule has 0 aliphatic heterocycles. The molecule has 0 rings (SSSR count). The van der Waals surface area contributed by atoms with Gasteiger partial charge in [0.2, 0.25) is 0 Å². The summed E-state index contributed by atoms with van der Waals surface area (Å²) >= 11 is 0. The fourth-order valence-electron chi connectivity index (χ4n) is 0.420. The van der Waals surface area contributed by atoms with Gasteiger partial charge in [-0.15, -0.1) is 0 Å². The van der Waals surface area contributed by atoms with Crippen molar-refractivity contribution < 1.29 is 4.79 Å². The smallest absolute Gasteiger partial charge is 0.194 e. The number of amidine groups is 1. The molecule has 0 radical (unpaired) electrons. The van der Waals surface area contributed by atoms with E-state index in [1.54, 1.807) is 7.05 Å². The van der Waals surface area contributed by atoms with Gasteiger partial charge in [0.05, 0.1) is 0 Å². The molecule has 0 amide bonds. The largest absolute Gasteiger partial charge is 0.345 e. The highest BCUT2D eigenvalue weighted by Gasteiger charge is 1.98. The third kappa shape index (κ3) is 2.64. The zero-order valence-electron chi connectivity index (χ0n) is 5.64. The van der Waals surface area contributed by atoms with Crippen LogP contribution in [-0.2, 0) is 4.79 Å². The van der Waals surface area contributed by atoms with E-state index in [1.807, 2.05) is 0 Å². The number of rotatable bonds is 2. The summed E-state index contributed by atoms with van der Waals surface area (Å²) in [7, 11) is 1.55. The monoisotopic (exact) mass is 126 g/mol. The van der Waals surface area contributed by atoms with Gasteiger partial charge in [-0.2, -0.15) is 0 Å². The van der Waals surface area contributed by atoms with Crippen molar-refractivity contribution in [2.45, 2.75) is 6.92 Å². The average Bonchev–Trinajstić information content (AvgIpc) is 1.82. The maximum absolute atomic E-state index is 10.5. The van der Waals surface area contributed by atoms with Gasteiger partial charge >= 0.3 is 0 Å². The summed E-state index contributed by atoms with van der Waals surface area (Å²) in [6, 6.07) is 0. The van der Waals surface area contributed by atoms with Gasteiger partial charge in [0.1, 0.15) is 0 Å². The van der Waals surface area contributed by atoms with E-state index in [0.717, 1.165) is 0 Å². The predicted molar refractivity (Wildman–Crippen MR) is 37.4 cm³/mol. The summed E-state index contributed by atoms with van der Waals surface area (Å²) in [6.45, 7) is 4.83. The first-order valence-electron chi connectivity index (χ1n) is 2.57. The van der Waals surface area contributed by atoms with Crippen LogP contribution in [0.4, 0.5) is 0 Å². The predicted octanol–water partition coefficient (Wildman–Crippen LogP) is 0.337. The molecule has 0 saturated heterocycles. The second-order valence-corrected chi connectivity index (χ2v) is 1.48. The molecule has 9 heavy (non-hydrogen) atoms. The van der Waals surface area contributed by atoms with Crippen molar-refractivity contribution in [2.24, 2.45) is 4.99 Å². The first kappa shape index (κ1) is 7.88. The third-order valence-electron chi connectivity index (χ3n) is 0.796. The highest BCUT2D eigenvalue weighted by atomic mass is 16.1. The lowest BCUT2D eigenvalue weighted by molar-refractivity contribution is -0.111. The first-order chi connectivity index (χ1) is 4.22. The molecule has 50 valence electrons. The Balaban J connectivity index is 4.00. The van der Waals surface area contributed by atoms with E-state index in [1.165, 1.54) is 13.1 Å². The Bertz CT molecular complexity index is 149. The van der Waals surface area contributed by atoms with Crippen molar-refractivity contribution in [3.63, 3.8) is 0 Å². The molecule has 0 bridgehead atoms. The Labute approximate surface area is 54.5 Å². The van der Waals surface area contributed by atoms with Crippen molar-refractivity contribution in [3.05, 3.63) is 12.8 Å². The number of carbonyl (C=O) groups is 1. The van der Waals surface area contributed by atoms with E-state index < -0.39 is 0 Å². The van der Waals surface area contributed by atoms with Crippen LogP contribution in [0.1, 0.15) is 6.92 Å². The molecule has 0 aromatic rings. The number of Topliss-reactive ketones (excluding diaryl/α,β-unsaturated/α-hetero) is 1. The van der Waals surface area contributed by atoms with Crippen LogP contribution in [0, 0.1) is 0 Å². The second-order valence-electron chi connectivity index (χ2n) is 1.48. The molecule has 0 unspecified atom stereocenters. The average molecular weight is 126 g/mol. The van der Waals surface area contributed by atoms with E-state index in [2.05, 4.69) is 16.9 Å². The SMILES string of the molecule is C=CNC(=NC)C(C)=O. The number of hydrogen-bond acceptors (Lipinski definition) is 2. The summed E-state index contributed by atoms with van der Waals surface area (Å²) in [5, 5.41) is 2.60. The number of nitrogens with one attached hydrogen (secondary N) is 1. The van der Waals surface area contributed by atoms with Gasteiger partial charge in [-0.05, 0) is 6.20 Å². The standard InChI is InChI=1S/C6H10N2O/c1-4-8-6(7-3)5(2)9/h4H,1H2,2-3H3,(H,7,8). The highest BCUT2D eigenvalue weighted by molar-refractivity contribution is 6.38. The summed E-state index contributed by atoms with van der Waals surface area (Å²) in [4.78, 5) is 14.2. The molecule has 1 N–H and O–H groups in total. The van der Waals surface area contributed by atoms with Crippen LogP contribution in [0.5, 0.6) is 0 Å². The van der Waals surface area contributed by atoms with E-state index >= 15 is 0 Å². The molecule has 0 aliphatic rings. The number of nitrogens with zero attached hydrogens (tertiary/aromatic N) is 1. The second kappa shape index (κ2) is 3.83. The molecule has 0 spiro atoms. The highest BCUT2D eigenvalue weighted by Crippen LogP contribution is 1.73. The van der Waals surface area contributed by atoms with Gasteiger partial charge in [-0.3, -0.25) is 9.79 Å². The molecule has 0 heterocycles. The normalized spacial score (nSPS) is 10.7. The van der Waals surface area contributed by atoms with Crippen LogP contribution < -0.4 is 5.32 Å². The first-order valence-corrected chi connectivity index (χ1v) is 2.57. The molecule has 3 heteroatoms. The Hall–Kier alpha value is -1.12. The number of ketones is 1. The van der Waals surface area contributed by atoms with Gasteiger partial charge < -0.3 is 5.32 Å². The minimum absolute atomic E-state index is 0.0857. The molecular formula is C6H10N2O. The molecule has 0 aliphatic carbocycles. The topological polar surface area (TPSA) is 41.5 Å². The summed E-state index contributed by atoms with van der Waals surface area (Å²) in [5.74, 6) is 0.252. The fourth-order valence-corrected chi connectivity index (χ4v) is 0.420. The van der Waals surface area contributed by atoms with Gasteiger partial charge in [-0.1, -0.05) is 6.58 Å². The van der Waals surface area contributed by atoms with E-state index in [0.29, 0.717) is 5.84 Å². The lowest BCUT2D eigenvalue weighted by Crippen LogP contribution is -2.24. The Morgan fingerprint density at radius 3 is 2.44 bits per heavy atom. The van der Waals surface area contributed by atoms with Gasteiger partial charge in [0, 0.05) is 14.0 Å². The summed E-state index contributed by atoms with van der Waals surface area (Å²) < 4.78 is 0. The summed E-state index contributed by atoms with van der Waals surface area (Å²) in [5.41, 5.74) is 0.